The smallest absolute Gasteiger partial charge is 0.211 e. The number of rotatable bonds is 6. The molecule has 1 fully saturated rings. The first-order valence-corrected chi connectivity index (χ1v) is 10.4. The normalized spacial score (nSPS) is 17.9. The fraction of sp³-hybridized carbons (Fsp3) is 0.538. The molecule has 1 saturated carbocycles. The van der Waals surface area contributed by atoms with E-state index in [-0.39, 0.29) is 15.2 Å². The number of hydrogen-bond donors (Lipinski definition) is 1. The molecule has 21 heavy (non-hydrogen) atoms. The zero-order valence-electron chi connectivity index (χ0n) is 11.8. The number of halogens is 1. The quantitative estimate of drug-likeness (QED) is 0.797. The van der Waals surface area contributed by atoms with Crippen LogP contribution in [0.15, 0.2) is 34.1 Å². The minimum absolute atomic E-state index is 0.0334. The summed E-state index contributed by atoms with van der Waals surface area (Å²) in [5.74, 6) is 0.420. The van der Waals surface area contributed by atoms with Crippen molar-refractivity contribution in [2.45, 2.75) is 36.5 Å². The lowest BCUT2D eigenvalue weighted by molar-refractivity contribution is 0.357. The average Bonchev–Trinajstić information content (AvgIpc) is 3.17. The van der Waals surface area contributed by atoms with E-state index in [1.165, 1.54) is 24.3 Å². The molecule has 0 spiro atoms. The lowest BCUT2D eigenvalue weighted by Crippen LogP contribution is -2.32. The summed E-state index contributed by atoms with van der Waals surface area (Å²) in [6.07, 6.45) is 2.05. The van der Waals surface area contributed by atoms with Crippen molar-refractivity contribution in [3.63, 3.8) is 0 Å². The molecule has 118 valence electrons. The third kappa shape index (κ3) is 3.77. The van der Waals surface area contributed by atoms with Crippen molar-refractivity contribution in [1.82, 2.24) is 4.72 Å². The van der Waals surface area contributed by atoms with Crippen LogP contribution in [0.2, 0.25) is 0 Å². The van der Waals surface area contributed by atoms with E-state index < -0.39 is 19.1 Å². The number of hydrogen-bond acceptors (Lipinski definition) is 4. The molecule has 0 bridgehead atoms. The molecular weight excluding hydrogens is 334 g/mol. The van der Waals surface area contributed by atoms with Gasteiger partial charge in [-0.1, -0.05) is 13.8 Å². The van der Waals surface area contributed by atoms with E-state index in [0.717, 1.165) is 12.8 Å². The van der Waals surface area contributed by atoms with Gasteiger partial charge in [0, 0.05) is 17.2 Å². The lowest BCUT2D eigenvalue weighted by atomic mass is 9.93. The second-order valence-electron chi connectivity index (χ2n) is 5.75. The van der Waals surface area contributed by atoms with E-state index in [0.29, 0.717) is 12.5 Å². The second kappa shape index (κ2) is 5.53. The van der Waals surface area contributed by atoms with E-state index in [4.69, 9.17) is 10.7 Å². The summed E-state index contributed by atoms with van der Waals surface area (Å²) < 4.78 is 49.3. The average molecular weight is 352 g/mol. The SMILES string of the molecule is CC(C)C1(CNS(=O)(=O)c2ccc(S(=O)(=O)Cl)cc2)CC1. The molecule has 1 aromatic rings. The van der Waals surface area contributed by atoms with Crippen molar-refractivity contribution in [2.75, 3.05) is 6.54 Å². The Morgan fingerprint density at radius 2 is 1.57 bits per heavy atom. The van der Waals surface area contributed by atoms with E-state index in [9.17, 15) is 16.8 Å². The van der Waals surface area contributed by atoms with Gasteiger partial charge in [0.15, 0.2) is 0 Å². The van der Waals surface area contributed by atoms with Gasteiger partial charge >= 0.3 is 0 Å². The van der Waals surface area contributed by atoms with Crippen molar-refractivity contribution in [1.29, 1.82) is 0 Å². The van der Waals surface area contributed by atoms with Gasteiger partial charge in [-0.25, -0.2) is 21.6 Å². The molecule has 1 aliphatic carbocycles. The maximum atomic E-state index is 12.2. The Morgan fingerprint density at radius 3 is 1.95 bits per heavy atom. The molecule has 1 aromatic carbocycles. The summed E-state index contributed by atoms with van der Waals surface area (Å²) in [5, 5.41) is 0. The standard InChI is InChI=1S/C13H18ClNO4S2/c1-10(2)13(7-8-13)9-15-21(18,19)12-5-3-11(4-6-12)20(14,16)17/h3-6,10,15H,7-9H2,1-2H3. The van der Waals surface area contributed by atoms with Crippen LogP contribution in [0.3, 0.4) is 0 Å². The highest BCUT2D eigenvalue weighted by Gasteiger charge is 2.45. The van der Waals surface area contributed by atoms with Gasteiger partial charge in [0.1, 0.15) is 0 Å². The van der Waals surface area contributed by atoms with Crippen LogP contribution in [0, 0.1) is 11.3 Å². The molecule has 0 amide bonds. The summed E-state index contributed by atoms with van der Waals surface area (Å²) in [5.41, 5.74) is 0.0620. The van der Waals surface area contributed by atoms with E-state index in [2.05, 4.69) is 18.6 Å². The van der Waals surface area contributed by atoms with Crippen LogP contribution >= 0.6 is 10.7 Å². The Labute approximate surface area is 130 Å². The minimum atomic E-state index is -3.84. The maximum Gasteiger partial charge on any atom is 0.261 e. The number of benzene rings is 1. The molecule has 0 aromatic heterocycles. The predicted octanol–water partition coefficient (Wildman–Crippen LogP) is 2.33. The molecule has 0 unspecified atom stereocenters. The fourth-order valence-electron chi connectivity index (χ4n) is 2.22. The van der Waals surface area contributed by atoms with Gasteiger partial charge < -0.3 is 0 Å². The highest BCUT2D eigenvalue weighted by atomic mass is 35.7. The molecule has 1 N–H and O–H groups in total. The Bertz CT molecular complexity index is 720. The maximum absolute atomic E-state index is 12.2. The second-order valence-corrected chi connectivity index (χ2v) is 10.1. The molecule has 1 aliphatic rings. The van der Waals surface area contributed by atoms with Gasteiger partial charge in [-0.05, 0) is 48.4 Å². The van der Waals surface area contributed by atoms with Crippen LogP contribution in [0.25, 0.3) is 0 Å². The molecule has 8 heteroatoms. The van der Waals surface area contributed by atoms with E-state index >= 15 is 0 Å². The molecule has 5 nitrogen and oxygen atoms in total. The molecular formula is C13H18ClNO4S2. The molecule has 0 atom stereocenters. The molecule has 2 rings (SSSR count). The van der Waals surface area contributed by atoms with Gasteiger partial charge in [0.25, 0.3) is 9.05 Å². The molecule has 0 saturated heterocycles. The topological polar surface area (TPSA) is 80.3 Å². The van der Waals surface area contributed by atoms with Crippen LogP contribution in [0.4, 0.5) is 0 Å². The zero-order chi connectivity index (χ0) is 15.9. The summed E-state index contributed by atoms with van der Waals surface area (Å²) >= 11 is 0. The van der Waals surface area contributed by atoms with Crippen LogP contribution in [-0.2, 0) is 19.1 Å². The van der Waals surface area contributed by atoms with E-state index in [1.807, 2.05) is 0 Å². The predicted molar refractivity (Wildman–Crippen MR) is 81.2 cm³/mol. The Kier molecular flexibility index (Phi) is 4.41. The Morgan fingerprint density at radius 1 is 1.10 bits per heavy atom. The third-order valence-corrected chi connectivity index (χ3v) is 6.93. The van der Waals surface area contributed by atoms with Crippen LogP contribution in [0.5, 0.6) is 0 Å². The third-order valence-electron chi connectivity index (χ3n) is 4.15. The monoisotopic (exact) mass is 351 g/mol. The van der Waals surface area contributed by atoms with Gasteiger partial charge in [-0.15, -0.1) is 0 Å². The molecule has 0 heterocycles. The molecule has 0 aliphatic heterocycles. The Balaban J connectivity index is 2.13. The van der Waals surface area contributed by atoms with Gasteiger partial charge in [0.05, 0.1) is 9.79 Å². The van der Waals surface area contributed by atoms with Crippen molar-refractivity contribution >= 4 is 29.8 Å². The molecule has 0 radical (unpaired) electrons. The first kappa shape index (κ1) is 16.7. The summed E-state index contributed by atoms with van der Waals surface area (Å²) in [4.78, 5) is -0.0879. The summed E-state index contributed by atoms with van der Waals surface area (Å²) in [7, 11) is -2.29. The van der Waals surface area contributed by atoms with Gasteiger partial charge in [-0.2, -0.15) is 0 Å². The fourth-order valence-corrected chi connectivity index (χ4v) is 4.13. The highest BCUT2D eigenvalue weighted by Crippen LogP contribution is 2.51. The van der Waals surface area contributed by atoms with Gasteiger partial charge in [0.2, 0.25) is 10.0 Å². The van der Waals surface area contributed by atoms with Crippen molar-refractivity contribution < 1.29 is 16.8 Å². The van der Waals surface area contributed by atoms with Gasteiger partial charge in [-0.3, -0.25) is 0 Å². The number of sulfonamides is 1. The first-order valence-electron chi connectivity index (χ1n) is 6.61. The zero-order valence-corrected chi connectivity index (χ0v) is 14.2. The summed E-state index contributed by atoms with van der Waals surface area (Å²) in [6, 6.07) is 4.86. The van der Waals surface area contributed by atoms with Crippen LogP contribution in [0.1, 0.15) is 26.7 Å². The van der Waals surface area contributed by atoms with Crippen molar-refractivity contribution in [3.05, 3.63) is 24.3 Å². The Hall–Kier alpha value is -0.630. The first-order chi connectivity index (χ1) is 9.57. The summed E-state index contributed by atoms with van der Waals surface area (Å²) in [6.45, 7) is 4.57. The number of nitrogens with one attached hydrogen (secondary N) is 1. The highest BCUT2D eigenvalue weighted by molar-refractivity contribution is 8.13. The lowest BCUT2D eigenvalue weighted by Gasteiger charge is -2.20. The van der Waals surface area contributed by atoms with Crippen molar-refractivity contribution in [2.24, 2.45) is 11.3 Å². The van der Waals surface area contributed by atoms with Crippen molar-refractivity contribution in [3.8, 4) is 0 Å². The minimum Gasteiger partial charge on any atom is -0.211 e. The van der Waals surface area contributed by atoms with Crippen LogP contribution < -0.4 is 4.72 Å². The van der Waals surface area contributed by atoms with E-state index in [1.54, 1.807) is 0 Å². The van der Waals surface area contributed by atoms with Crippen LogP contribution in [-0.4, -0.2) is 23.4 Å². The largest absolute Gasteiger partial charge is 0.261 e.